The highest BCUT2D eigenvalue weighted by molar-refractivity contribution is 5.95. The van der Waals surface area contributed by atoms with Crippen LogP contribution in [-0.4, -0.2) is 32.8 Å². The molecule has 2 aromatic carbocycles. The second-order valence-corrected chi connectivity index (χ2v) is 6.07. The van der Waals surface area contributed by atoms with Crippen molar-refractivity contribution in [1.29, 1.82) is 0 Å². The van der Waals surface area contributed by atoms with Gasteiger partial charge in [-0.15, -0.1) is 0 Å². The number of carbonyl (C=O) groups excluding carboxylic acids is 1. The molecule has 0 saturated heterocycles. The topological polar surface area (TPSA) is 66.0 Å². The van der Waals surface area contributed by atoms with Gasteiger partial charge in [0.05, 0.1) is 33.0 Å². The molecule has 152 valence electrons. The fraction of sp³-hybridized carbons (Fsp3) is 0.409. The highest BCUT2D eigenvalue weighted by Crippen LogP contribution is 2.31. The molecule has 0 unspecified atom stereocenters. The van der Waals surface area contributed by atoms with Crippen molar-refractivity contribution >= 4 is 5.91 Å². The smallest absolute Gasteiger partial charge is 0.251 e. The van der Waals surface area contributed by atoms with Crippen LogP contribution in [0.25, 0.3) is 0 Å². The lowest BCUT2D eigenvalue weighted by Gasteiger charge is -2.18. The molecular weight excluding hydrogens is 358 g/mol. The number of nitrogens with one attached hydrogen (secondary N) is 1. The molecule has 6 heteroatoms. The maximum atomic E-state index is 12.7. The molecule has 0 spiro atoms. The van der Waals surface area contributed by atoms with E-state index >= 15 is 0 Å². The summed E-state index contributed by atoms with van der Waals surface area (Å²) in [6, 6.07) is 10.6. The standard InChI is InChI=1S/C22H29NO5/c1-6-26-18-12-10-17(14-20(18)25-5)22(24)23-15(4)16-9-11-19(27-7-2)21(13-16)28-8-3/h9-15H,6-8H2,1-5H3,(H,23,24)/t15-/m1/s1. The average Bonchev–Trinajstić information content (AvgIpc) is 2.70. The van der Waals surface area contributed by atoms with E-state index in [0.29, 0.717) is 48.4 Å². The number of methoxy groups -OCH3 is 1. The Morgan fingerprint density at radius 3 is 2.04 bits per heavy atom. The van der Waals surface area contributed by atoms with Gasteiger partial charge < -0.3 is 24.3 Å². The van der Waals surface area contributed by atoms with Crippen molar-refractivity contribution in [2.75, 3.05) is 26.9 Å². The van der Waals surface area contributed by atoms with Gasteiger partial charge in [-0.1, -0.05) is 6.07 Å². The Labute approximate surface area is 166 Å². The van der Waals surface area contributed by atoms with Crippen LogP contribution in [0.15, 0.2) is 36.4 Å². The lowest BCUT2D eigenvalue weighted by molar-refractivity contribution is 0.0939. The molecule has 0 aliphatic rings. The molecule has 28 heavy (non-hydrogen) atoms. The van der Waals surface area contributed by atoms with Crippen LogP contribution in [0.1, 0.15) is 49.7 Å². The first-order valence-corrected chi connectivity index (χ1v) is 9.55. The molecule has 1 amide bonds. The summed E-state index contributed by atoms with van der Waals surface area (Å²) >= 11 is 0. The quantitative estimate of drug-likeness (QED) is 0.655. The van der Waals surface area contributed by atoms with Crippen LogP contribution in [0, 0.1) is 0 Å². The van der Waals surface area contributed by atoms with Gasteiger partial charge in [0.15, 0.2) is 23.0 Å². The molecule has 0 fully saturated rings. The van der Waals surface area contributed by atoms with Crippen molar-refractivity contribution in [3.63, 3.8) is 0 Å². The summed E-state index contributed by atoms with van der Waals surface area (Å²) in [6.45, 7) is 9.30. The highest BCUT2D eigenvalue weighted by Gasteiger charge is 2.16. The van der Waals surface area contributed by atoms with Crippen molar-refractivity contribution in [2.24, 2.45) is 0 Å². The lowest BCUT2D eigenvalue weighted by Crippen LogP contribution is -2.26. The van der Waals surface area contributed by atoms with Crippen LogP contribution in [0.5, 0.6) is 23.0 Å². The van der Waals surface area contributed by atoms with Gasteiger partial charge in [0.1, 0.15) is 0 Å². The largest absolute Gasteiger partial charge is 0.493 e. The fourth-order valence-corrected chi connectivity index (χ4v) is 2.78. The predicted molar refractivity (Wildman–Crippen MR) is 109 cm³/mol. The molecule has 0 aliphatic heterocycles. The van der Waals surface area contributed by atoms with Crippen LogP contribution in [0.2, 0.25) is 0 Å². The Morgan fingerprint density at radius 2 is 1.43 bits per heavy atom. The third kappa shape index (κ3) is 5.31. The van der Waals surface area contributed by atoms with E-state index < -0.39 is 0 Å². The van der Waals surface area contributed by atoms with Crippen LogP contribution in [0.4, 0.5) is 0 Å². The molecule has 0 aromatic heterocycles. The predicted octanol–water partition coefficient (Wildman–Crippen LogP) is 4.38. The molecule has 1 N–H and O–H groups in total. The average molecular weight is 387 g/mol. The molecule has 1 atom stereocenters. The van der Waals surface area contributed by atoms with E-state index in [2.05, 4.69) is 5.32 Å². The second kappa shape index (κ2) is 10.4. The fourth-order valence-electron chi connectivity index (χ4n) is 2.78. The summed E-state index contributed by atoms with van der Waals surface area (Å²) in [5.41, 5.74) is 1.43. The zero-order chi connectivity index (χ0) is 20.5. The normalized spacial score (nSPS) is 11.5. The minimum Gasteiger partial charge on any atom is -0.493 e. The minimum absolute atomic E-state index is 0.194. The van der Waals surface area contributed by atoms with Gasteiger partial charge in [-0.05, 0) is 63.6 Å². The van der Waals surface area contributed by atoms with Crippen molar-refractivity contribution < 1.29 is 23.7 Å². The number of hydrogen-bond donors (Lipinski definition) is 1. The number of carbonyl (C=O) groups is 1. The Kier molecular flexibility index (Phi) is 7.99. The van der Waals surface area contributed by atoms with Crippen LogP contribution >= 0.6 is 0 Å². The van der Waals surface area contributed by atoms with E-state index in [1.807, 2.05) is 45.9 Å². The van der Waals surface area contributed by atoms with E-state index in [-0.39, 0.29) is 11.9 Å². The first kappa shape index (κ1) is 21.4. The van der Waals surface area contributed by atoms with Crippen molar-refractivity contribution in [3.05, 3.63) is 47.5 Å². The summed E-state index contributed by atoms with van der Waals surface area (Å²) in [7, 11) is 1.55. The number of benzene rings is 2. The third-order valence-corrected chi connectivity index (χ3v) is 4.14. The Morgan fingerprint density at radius 1 is 0.857 bits per heavy atom. The third-order valence-electron chi connectivity index (χ3n) is 4.14. The van der Waals surface area contributed by atoms with Crippen LogP contribution < -0.4 is 24.3 Å². The van der Waals surface area contributed by atoms with Crippen LogP contribution in [0.3, 0.4) is 0 Å². The Bertz CT molecular complexity index is 790. The number of ether oxygens (including phenoxy) is 4. The summed E-state index contributed by atoms with van der Waals surface area (Å²) in [5, 5.41) is 3.00. The Hall–Kier alpha value is -2.89. The number of hydrogen-bond acceptors (Lipinski definition) is 5. The van der Waals surface area contributed by atoms with Gasteiger partial charge in [-0.25, -0.2) is 0 Å². The molecule has 0 saturated carbocycles. The summed E-state index contributed by atoms with van der Waals surface area (Å²) < 4.78 is 22.1. The molecule has 6 nitrogen and oxygen atoms in total. The monoisotopic (exact) mass is 387 g/mol. The zero-order valence-corrected chi connectivity index (χ0v) is 17.2. The van der Waals surface area contributed by atoms with Crippen molar-refractivity contribution in [2.45, 2.75) is 33.7 Å². The second-order valence-electron chi connectivity index (χ2n) is 6.07. The minimum atomic E-state index is -0.208. The summed E-state index contributed by atoms with van der Waals surface area (Å²) in [6.07, 6.45) is 0. The molecule has 2 rings (SSSR count). The lowest BCUT2D eigenvalue weighted by atomic mass is 10.1. The van der Waals surface area contributed by atoms with Gasteiger partial charge >= 0.3 is 0 Å². The van der Waals surface area contributed by atoms with E-state index in [9.17, 15) is 4.79 Å². The van der Waals surface area contributed by atoms with E-state index in [1.54, 1.807) is 25.3 Å². The van der Waals surface area contributed by atoms with Gasteiger partial charge in [0.25, 0.3) is 5.91 Å². The summed E-state index contributed by atoms with van der Waals surface area (Å²) in [5.74, 6) is 2.32. The molecule has 0 aliphatic carbocycles. The maximum Gasteiger partial charge on any atom is 0.251 e. The van der Waals surface area contributed by atoms with E-state index in [4.69, 9.17) is 18.9 Å². The maximum absolute atomic E-state index is 12.7. The first-order valence-electron chi connectivity index (χ1n) is 9.55. The van der Waals surface area contributed by atoms with Crippen molar-refractivity contribution in [3.8, 4) is 23.0 Å². The van der Waals surface area contributed by atoms with E-state index in [1.165, 1.54) is 0 Å². The zero-order valence-electron chi connectivity index (χ0n) is 17.2. The number of rotatable bonds is 10. The molecule has 0 radical (unpaired) electrons. The van der Waals surface area contributed by atoms with Gasteiger partial charge in [0.2, 0.25) is 0 Å². The van der Waals surface area contributed by atoms with E-state index in [0.717, 1.165) is 5.56 Å². The SMILES string of the molecule is CCOc1ccc(C(=O)N[C@H](C)c2ccc(OCC)c(OCC)c2)cc1OC. The van der Waals surface area contributed by atoms with Crippen molar-refractivity contribution in [1.82, 2.24) is 5.32 Å². The first-order chi connectivity index (χ1) is 13.5. The molecule has 2 aromatic rings. The molecule has 0 bridgehead atoms. The number of amides is 1. The summed E-state index contributed by atoms with van der Waals surface area (Å²) in [4.78, 5) is 12.7. The molecule has 0 heterocycles. The van der Waals surface area contributed by atoms with Gasteiger partial charge in [-0.3, -0.25) is 4.79 Å². The Balaban J connectivity index is 2.16. The van der Waals surface area contributed by atoms with Gasteiger partial charge in [-0.2, -0.15) is 0 Å². The van der Waals surface area contributed by atoms with Crippen LogP contribution in [-0.2, 0) is 0 Å². The highest BCUT2D eigenvalue weighted by atomic mass is 16.5. The van der Waals surface area contributed by atoms with Gasteiger partial charge in [0, 0.05) is 5.56 Å². The molecular formula is C22H29NO5.